The Bertz CT molecular complexity index is 644. The maximum atomic E-state index is 12.5. The van der Waals surface area contributed by atoms with Crippen LogP contribution in [0.1, 0.15) is 31.4 Å². The Labute approximate surface area is 154 Å². The van der Waals surface area contributed by atoms with Crippen LogP contribution in [0.2, 0.25) is 0 Å². The molecule has 0 saturated carbocycles. The van der Waals surface area contributed by atoms with Crippen LogP contribution in [0, 0.1) is 6.92 Å². The summed E-state index contributed by atoms with van der Waals surface area (Å²) in [6.07, 6.45) is 1.60. The summed E-state index contributed by atoms with van der Waals surface area (Å²) in [7, 11) is 1.95. The van der Waals surface area contributed by atoms with E-state index < -0.39 is 0 Å². The number of aliphatic imine (C=N–C) groups is 1. The molecule has 1 aromatic heterocycles. The summed E-state index contributed by atoms with van der Waals surface area (Å²) in [4.78, 5) is 21.3. The molecule has 0 radical (unpaired) electrons. The molecule has 2 aliphatic heterocycles. The lowest BCUT2D eigenvalue weighted by Gasteiger charge is -2.37. The van der Waals surface area contributed by atoms with Gasteiger partial charge in [-0.2, -0.15) is 0 Å². The highest BCUT2D eigenvalue weighted by molar-refractivity contribution is 5.82. The monoisotopic (exact) mass is 363 g/mol. The zero-order valence-electron chi connectivity index (χ0n) is 15.9. The van der Waals surface area contributed by atoms with Crippen molar-refractivity contribution in [2.24, 2.45) is 12.0 Å². The van der Waals surface area contributed by atoms with E-state index in [0.29, 0.717) is 26.2 Å². The summed E-state index contributed by atoms with van der Waals surface area (Å²) >= 11 is 0. The highest BCUT2D eigenvalue weighted by atomic mass is 16.5. The highest BCUT2D eigenvalue weighted by Crippen LogP contribution is 2.16. The average molecular weight is 363 g/mol. The van der Waals surface area contributed by atoms with E-state index in [1.165, 1.54) is 0 Å². The number of nitrogens with zero attached hydrogens (tertiary/aromatic N) is 6. The molecule has 2 fully saturated rings. The summed E-state index contributed by atoms with van der Waals surface area (Å²) in [5.74, 6) is 2.71. The van der Waals surface area contributed by atoms with E-state index in [9.17, 15) is 4.79 Å². The van der Waals surface area contributed by atoms with Gasteiger partial charge in [0.25, 0.3) is 5.91 Å². The van der Waals surface area contributed by atoms with Crippen LogP contribution in [-0.2, 0) is 23.1 Å². The van der Waals surface area contributed by atoms with Crippen molar-refractivity contribution in [3.05, 3.63) is 11.6 Å². The summed E-state index contributed by atoms with van der Waals surface area (Å²) in [6.45, 7) is 8.90. The first-order valence-electron chi connectivity index (χ1n) is 9.38. The molecule has 1 amide bonds. The molecule has 26 heavy (non-hydrogen) atoms. The first-order valence-corrected chi connectivity index (χ1v) is 9.38. The second-order valence-corrected chi connectivity index (χ2v) is 6.71. The molecule has 0 aromatic carbocycles. The standard InChI is InChI=1S/C17H29N7O2/c1-4-18-17(19-12-15-21-20-13(2)22(15)3)24-9-7-23(8-10-24)16(25)14-6-5-11-26-14/h14H,4-12H2,1-3H3,(H,18,19). The quantitative estimate of drug-likeness (QED) is 0.594. The number of guanidine groups is 1. The van der Waals surface area contributed by atoms with E-state index in [1.807, 2.05) is 23.4 Å². The van der Waals surface area contributed by atoms with Crippen LogP contribution in [0.4, 0.5) is 0 Å². The number of carbonyl (C=O) groups is 1. The first kappa shape index (κ1) is 18.6. The number of rotatable bonds is 4. The Morgan fingerprint density at radius 2 is 2.00 bits per heavy atom. The lowest BCUT2D eigenvalue weighted by atomic mass is 10.2. The fourth-order valence-corrected chi connectivity index (χ4v) is 3.27. The van der Waals surface area contributed by atoms with Crippen molar-refractivity contribution in [1.82, 2.24) is 29.9 Å². The topological polar surface area (TPSA) is 87.9 Å². The molecular weight excluding hydrogens is 334 g/mol. The van der Waals surface area contributed by atoms with E-state index >= 15 is 0 Å². The third kappa shape index (κ3) is 4.14. The van der Waals surface area contributed by atoms with Gasteiger partial charge in [-0.15, -0.1) is 10.2 Å². The number of amides is 1. The van der Waals surface area contributed by atoms with E-state index in [-0.39, 0.29) is 12.0 Å². The molecule has 144 valence electrons. The minimum absolute atomic E-state index is 0.138. The van der Waals surface area contributed by atoms with Crippen molar-refractivity contribution in [3.8, 4) is 0 Å². The van der Waals surface area contributed by atoms with Crippen LogP contribution in [0.15, 0.2) is 4.99 Å². The van der Waals surface area contributed by atoms with Crippen LogP contribution in [0.3, 0.4) is 0 Å². The van der Waals surface area contributed by atoms with Gasteiger partial charge in [0.05, 0.1) is 0 Å². The second-order valence-electron chi connectivity index (χ2n) is 6.71. The van der Waals surface area contributed by atoms with Gasteiger partial charge in [-0.1, -0.05) is 0 Å². The fourth-order valence-electron chi connectivity index (χ4n) is 3.27. The lowest BCUT2D eigenvalue weighted by Crippen LogP contribution is -2.55. The van der Waals surface area contributed by atoms with Gasteiger partial charge in [0.2, 0.25) is 0 Å². The lowest BCUT2D eigenvalue weighted by molar-refractivity contribution is -0.142. The molecule has 0 bridgehead atoms. The van der Waals surface area contributed by atoms with Crippen LogP contribution >= 0.6 is 0 Å². The molecular formula is C17H29N7O2. The molecule has 2 aliphatic rings. The predicted octanol–water partition coefficient (Wildman–Crippen LogP) is -0.0878. The van der Waals surface area contributed by atoms with Crippen molar-refractivity contribution in [3.63, 3.8) is 0 Å². The van der Waals surface area contributed by atoms with Gasteiger partial charge in [-0.05, 0) is 26.7 Å². The van der Waals surface area contributed by atoms with Crippen molar-refractivity contribution in [2.45, 2.75) is 39.3 Å². The van der Waals surface area contributed by atoms with Crippen LogP contribution < -0.4 is 5.32 Å². The number of aryl methyl sites for hydroxylation is 1. The summed E-state index contributed by atoms with van der Waals surface area (Å²) in [6, 6.07) is 0. The van der Waals surface area contributed by atoms with Crippen molar-refractivity contribution >= 4 is 11.9 Å². The van der Waals surface area contributed by atoms with E-state index in [0.717, 1.165) is 50.1 Å². The number of hydrogen-bond donors (Lipinski definition) is 1. The maximum Gasteiger partial charge on any atom is 0.251 e. The molecule has 1 N–H and O–H groups in total. The normalized spacial score (nSPS) is 21.3. The zero-order valence-corrected chi connectivity index (χ0v) is 15.9. The molecule has 0 spiro atoms. The van der Waals surface area contributed by atoms with Gasteiger partial charge in [0.15, 0.2) is 11.8 Å². The minimum Gasteiger partial charge on any atom is -0.368 e. The number of aromatic nitrogens is 3. The zero-order chi connectivity index (χ0) is 18.5. The van der Waals surface area contributed by atoms with Gasteiger partial charge >= 0.3 is 0 Å². The average Bonchev–Trinajstić information content (AvgIpc) is 3.30. The SMILES string of the molecule is CCNC(=NCc1nnc(C)n1C)N1CCN(C(=O)C2CCCO2)CC1. The maximum absolute atomic E-state index is 12.5. The molecule has 0 aliphatic carbocycles. The summed E-state index contributed by atoms with van der Waals surface area (Å²) in [5.41, 5.74) is 0. The van der Waals surface area contributed by atoms with Crippen molar-refractivity contribution in [2.75, 3.05) is 39.3 Å². The third-order valence-electron chi connectivity index (χ3n) is 4.98. The molecule has 3 rings (SSSR count). The van der Waals surface area contributed by atoms with E-state index in [1.54, 1.807) is 0 Å². The first-order chi connectivity index (χ1) is 12.6. The van der Waals surface area contributed by atoms with E-state index in [4.69, 9.17) is 9.73 Å². The highest BCUT2D eigenvalue weighted by Gasteiger charge is 2.30. The summed E-state index contributed by atoms with van der Waals surface area (Å²) < 4.78 is 7.48. The smallest absolute Gasteiger partial charge is 0.251 e. The Kier molecular flexibility index (Phi) is 6.08. The number of carbonyl (C=O) groups excluding carboxylic acids is 1. The Balaban J connectivity index is 1.58. The number of ether oxygens (including phenoxy) is 1. The molecule has 9 nitrogen and oxygen atoms in total. The van der Waals surface area contributed by atoms with Crippen molar-refractivity contribution in [1.29, 1.82) is 0 Å². The van der Waals surface area contributed by atoms with Gasteiger partial charge < -0.3 is 24.4 Å². The van der Waals surface area contributed by atoms with E-state index in [2.05, 4.69) is 27.3 Å². The van der Waals surface area contributed by atoms with Gasteiger partial charge in [-0.25, -0.2) is 4.99 Å². The molecule has 3 heterocycles. The Morgan fingerprint density at radius 3 is 2.58 bits per heavy atom. The van der Waals surface area contributed by atoms with Crippen molar-refractivity contribution < 1.29 is 9.53 Å². The van der Waals surface area contributed by atoms with Gasteiger partial charge in [0.1, 0.15) is 18.5 Å². The van der Waals surface area contributed by atoms with Crippen LogP contribution in [0.5, 0.6) is 0 Å². The van der Waals surface area contributed by atoms with Gasteiger partial charge in [0, 0.05) is 46.4 Å². The fraction of sp³-hybridized carbons (Fsp3) is 0.765. The minimum atomic E-state index is -0.234. The molecule has 2 saturated heterocycles. The van der Waals surface area contributed by atoms with Crippen LogP contribution in [-0.4, -0.2) is 81.9 Å². The number of piperazine rings is 1. The number of hydrogen-bond acceptors (Lipinski definition) is 5. The Morgan fingerprint density at radius 1 is 1.27 bits per heavy atom. The third-order valence-corrected chi connectivity index (χ3v) is 4.98. The van der Waals surface area contributed by atoms with Gasteiger partial charge in [-0.3, -0.25) is 4.79 Å². The Hall–Kier alpha value is -2.16. The molecule has 9 heteroatoms. The second kappa shape index (κ2) is 8.48. The molecule has 1 aromatic rings. The summed E-state index contributed by atoms with van der Waals surface area (Å²) in [5, 5.41) is 11.6. The molecule has 1 unspecified atom stereocenters. The van der Waals surface area contributed by atoms with Crippen LogP contribution in [0.25, 0.3) is 0 Å². The molecule has 1 atom stereocenters. The predicted molar refractivity (Wildman–Crippen MR) is 97.7 cm³/mol. The largest absolute Gasteiger partial charge is 0.368 e. The number of nitrogens with one attached hydrogen (secondary N) is 1.